The highest BCUT2D eigenvalue weighted by Gasteiger charge is 2.17. The molecule has 0 aliphatic carbocycles. The van der Waals surface area contributed by atoms with Crippen LogP contribution in [0.3, 0.4) is 0 Å². The maximum atomic E-state index is 8.89. The quantitative estimate of drug-likeness (QED) is 0.884. The number of rotatable bonds is 5. The molecule has 2 aromatic rings. The molecule has 4 heteroatoms. The van der Waals surface area contributed by atoms with Crippen molar-refractivity contribution in [2.75, 3.05) is 11.9 Å². The van der Waals surface area contributed by atoms with Crippen molar-refractivity contribution < 1.29 is 5.11 Å². The van der Waals surface area contributed by atoms with Crippen LogP contribution in [0.5, 0.6) is 0 Å². The average molecular weight is 290 g/mol. The fourth-order valence-corrected chi connectivity index (χ4v) is 2.75. The Bertz CT molecular complexity index is 540. The standard InChI is InChI=1S/C16H22N2OS/c1-16(2,3)15-18-11-14(20-15)10-17-13-6-4-12(5-7-13)8-9-19/h4-7,11,17,19H,8-10H2,1-3H3. The van der Waals surface area contributed by atoms with E-state index in [9.17, 15) is 0 Å². The molecule has 0 spiro atoms. The first-order valence-corrected chi connectivity index (χ1v) is 7.69. The van der Waals surface area contributed by atoms with Crippen LogP contribution >= 0.6 is 11.3 Å². The van der Waals surface area contributed by atoms with Crippen molar-refractivity contribution >= 4 is 17.0 Å². The van der Waals surface area contributed by atoms with Crippen molar-refractivity contribution in [1.29, 1.82) is 0 Å². The molecule has 2 N–H and O–H groups in total. The minimum absolute atomic E-state index is 0.120. The van der Waals surface area contributed by atoms with Gasteiger partial charge in [0.2, 0.25) is 0 Å². The largest absolute Gasteiger partial charge is 0.396 e. The Morgan fingerprint density at radius 2 is 1.90 bits per heavy atom. The van der Waals surface area contributed by atoms with Crippen LogP contribution in [0, 0.1) is 0 Å². The zero-order valence-electron chi connectivity index (χ0n) is 12.3. The fraction of sp³-hybridized carbons (Fsp3) is 0.438. The Morgan fingerprint density at radius 3 is 2.45 bits per heavy atom. The van der Waals surface area contributed by atoms with Gasteiger partial charge in [0.25, 0.3) is 0 Å². The Morgan fingerprint density at radius 1 is 1.20 bits per heavy atom. The smallest absolute Gasteiger partial charge is 0.0981 e. The molecule has 0 aliphatic heterocycles. The number of hydrogen-bond donors (Lipinski definition) is 2. The Labute approximate surface area is 124 Å². The number of nitrogens with zero attached hydrogens (tertiary/aromatic N) is 1. The van der Waals surface area contributed by atoms with Gasteiger partial charge in [-0.05, 0) is 24.1 Å². The first-order valence-electron chi connectivity index (χ1n) is 6.88. The van der Waals surface area contributed by atoms with Crippen molar-refractivity contribution in [3.63, 3.8) is 0 Å². The van der Waals surface area contributed by atoms with Crippen molar-refractivity contribution in [1.82, 2.24) is 4.98 Å². The van der Waals surface area contributed by atoms with E-state index in [1.54, 1.807) is 11.3 Å². The van der Waals surface area contributed by atoms with Gasteiger partial charge in [0, 0.05) is 28.8 Å². The molecule has 1 heterocycles. The lowest BCUT2D eigenvalue weighted by Crippen LogP contribution is -2.09. The van der Waals surface area contributed by atoms with Gasteiger partial charge in [0.1, 0.15) is 0 Å². The number of aromatic nitrogens is 1. The number of thiazole rings is 1. The van der Waals surface area contributed by atoms with Crippen molar-refractivity contribution in [3.05, 3.63) is 45.9 Å². The Hall–Kier alpha value is -1.39. The van der Waals surface area contributed by atoms with Gasteiger partial charge in [0.15, 0.2) is 0 Å². The third kappa shape index (κ3) is 4.05. The van der Waals surface area contributed by atoms with Crippen LogP contribution in [0.1, 0.15) is 36.2 Å². The predicted octanol–water partition coefficient (Wildman–Crippen LogP) is 3.59. The van der Waals surface area contributed by atoms with E-state index in [0.717, 1.165) is 17.8 Å². The van der Waals surface area contributed by atoms with E-state index in [4.69, 9.17) is 5.11 Å². The zero-order chi connectivity index (χ0) is 14.6. The van der Waals surface area contributed by atoms with Gasteiger partial charge in [-0.1, -0.05) is 32.9 Å². The molecule has 0 bridgehead atoms. The summed E-state index contributed by atoms with van der Waals surface area (Å²) >= 11 is 1.76. The summed E-state index contributed by atoms with van der Waals surface area (Å²) in [4.78, 5) is 5.73. The minimum atomic E-state index is 0.120. The van der Waals surface area contributed by atoms with E-state index in [0.29, 0.717) is 6.42 Å². The summed E-state index contributed by atoms with van der Waals surface area (Å²) in [7, 11) is 0. The molecule has 108 valence electrons. The zero-order valence-corrected chi connectivity index (χ0v) is 13.1. The van der Waals surface area contributed by atoms with E-state index >= 15 is 0 Å². The van der Waals surface area contributed by atoms with Crippen LogP contribution in [0.15, 0.2) is 30.5 Å². The molecule has 0 unspecified atom stereocenters. The summed E-state index contributed by atoms with van der Waals surface area (Å²) in [6, 6.07) is 8.20. The van der Waals surface area contributed by atoms with Crippen LogP contribution in [0.2, 0.25) is 0 Å². The molecule has 1 aromatic heterocycles. The summed E-state index contributed by atoms with van der Waals surface area (Å²) in [6.07, 6.45) is 2.67. The maximum absolute atomic E-state index is 8.89. The average Bonchev–Trinajstić information content (AvgIpc) is 2.87. The maximum Gasteiger partial charge on any atom is 0.0981 e. The molecule has 0 amide bonds. The lowest BCUT2D eigenvalue weighted by Gasteiger charge is -2.13. The minimum Gasteiger partial charge on any atom is -0.396 e. The summed E-state index contributed by atoms with van der Waals surface area (Å²) < 4.78 is 0. The van der Waals surface area contributed by atoms with E-state index < -0.39 is 0 Å². The van der Waals surface area contributed by atoms with Gasteiger partial charge < -0.3 is 10.4 Å². The SMILES string of the molecule is CC(C)(C)c1ncc(CNc2ccc(CCO)cc2)s1. The molecule has 0 aliphatic rings. The van der Waals surface area contributed by atoms with Crippen LogP contribution in [0.4, 0.5) is 5.69 Å². The van der Waals surface area contributed by atoms with Gasteiger partial charge in [-0.25, -0.2) is 4.98 Å². The van der Waals surface area contributed by atoms with Gasteiger partial charge in [-0.3, -0.25) is 0 Å². The summed E-state index contributed by atoms with van der Waals surface area (Å²) in [5.74, 6) is 0. The molecular weight excluding hydrogens is 268 g/mol. The van der Waals surface area contributed by atoms with Crippen LogP contribution in [-0.2, 0) is 18.4 Å². The van der Waals surface area contributed by atoms with Gasteiger partial charge in [-0.15, -0.1) is 11.3 Å². The lowest BCUT2D eigenvalue weighted by molar-refractivity contribution is 0.299. The van der Waals surface area contributed by atoms with Gasteiger partial charge >= 0.3 is 0 Å². The Balaban J connectivity index is 1.93. The van der Waals surface area contributed by atoms with Gasteiger partial charge in [0.05, 0.1) is 11.6 Å². The highest BCUT2D eigenvalue weighted by Crippen LogP contribution is 2.27. The van der Waals surface area contributed by atoms with Gasteiger partial charge in [-0.2, -0.15) is 0 Å². The highest BCUT2D eigenvalue weighted by molar-refractivity contribution is 7.11. The van der Waals surface area contributed by atoms with E-state index in [1.807, 2.05) is 18.3 Å². The van der Waals surface area contributed by atoms with Crippen LogP contribution in [-0.4, -0.2) is 16.7 Å². The summed E-state index contributed by atoms with van der Waals surface area (Å²) in [5, 5.41) is 13.5. The molecule has 0 saturated carbocycles. The first-order chi connectivity index (χ1) is 9.49. The normalized spacial score (nSPS) is 11.6. The second-order valence-electron chi connectivity index (χ2n) is 5.91. The number of anilines is 1. The van der Waals surface area contributed by atoms with Crippen molar-refractivity contribution in [2.45, 2.75) is 39.2 Å². The van der Waals surface area contributed by atoms with Crippen molar-refractivity contribution in [2.24, 2.45) is 0 Å². The molecule has 0 saturated heterocycles. The second-order valence-corrected chi connectivity index (χ2v) is 7.02. The number of nitrogens with one attached hydrogen (secondary N) is 1. The van der Waals surface area contributed by atoms with Crippen LogP contribution < -0.4 is 5.32 Å². The predicted molar refractivity (Wildman–Crippen MR) is 85.4 cm³/mol. The molecule has 0 radical (unpaired) electrons. The lowest BCUT2D eigenvalue weighted by atomic mass is 9.98. The van der Waals surface area contributed by atoms with Crippen LogP contribution in [0.25, 0.3) is 0 Å². The molecular formula is C16H22N2OS. The molecule has 3 nitrogen and oxygen atoms in total. The van der Waals surface area contributed by atoms with Crippen molar-refractivity contribution in [3.8, 4) is 0 Å². The second kappa shape index (κ2) is 6.37. The number of aliphatic hydroxyl groups excluding tert-OH is 1. The third-order valence-electron chi connectivity index (χ3n) is 3.02. The summed E-state index contributed by atoms with van der Waals surface area (Å²) in [6.45, 7) is 7.55. The van der Waals surface area contributed by atoms with E-state index in [2.05, 4.69) is 43.2 Å². The topological polar surface area (TPSA) is 45.2 Å². The fourth-order valence-electron chi connectivity index (χ4n) is 1.84. The number of benzene rings is 1. The molecule has 2 rings (SSSR count). The van der Waals surface area contributed by atoms with E-state index in [1.165, 1.54) is 9.88 Å². The Kier molecular flexibility index (Phi) is 4.78. The molecule has 0 atom stereocenters. The number of hydrogen-bond acceptors (Lipinski definition) is 4. The molecule has 1 aromatic carbocycles. The molecule has 20 heavy (non-hydrogen) atoms. The third-order valence-corrected chi connectivity index (χ3v) is 4.44. The monoisotopic (exact) mass is 290 g/mol. The first kappa shape index (κ1) is 15.0. The van der Waals surface area contributed by atoms with E-state index in [-0.39, 0.29) is 12.0 Å². The highest BCUT2D eigenvalue weighted by atomic mass is 32.1. The number of aliphatic hydroxyl groups is 1. The summed E-state index contributed by atoms with van der Waals surface area (Å²) in [5.41, 5.74) is 2.37. The molecule has 0 fully saturated rings.